The molecule has 124 valence electrons. The van der Waals surface area contributed by atoms with E-state index in [0.29, 0.717) is 17.6 Å². The minimum atomic E-state index is -0.508. The van der Waals surface area contributed by atoms with Crippen molar-refractivity contribution in [2.75, 3.05) is 33.9 Å². The summed E-state index contributed by atoms with van der Waals surface area (Å²) in [6.45, 7) is 6.82. The van der Waals surface area contributed by atoms with E-state index in [-0.39, 0.29) is 19.1 Å². The minimum absolute atomic E-state index is 0.00838. The second kappa shape index (κ2) is 7.61. The lowest BCUT2D eigenvalue weighted by Gasteiger charge is -2.34. The number of hydrogen-bond donors (Lipinski definition) is 1. The molecule has 0 saturated heterocycles. The van der Waals surface area contributed by atoms with Crippen molar-refractivity contribution >= 4 is 5.97 Å². The van der Waals surface area contributed by atoms with Crippen molar-refractivity contribution in [2.24, 2.45) is 0 Å². The Labute approximate surface area is 133 Å². The Bertz CT molecular complexity index is 496. The Morgan fingerprint density at radius 3 is 2.45 bits per heavy atom. The van der Waals surface area contributed by atoms with Crippen LogP contribution in [-0.4, -0.2) is 55.0 Å². The molecule has 0 radical (unpaired) electrons. The van der Waals surface area contributed by atoms with E-state index in [1.54, 1.807) is 7.11 Å². The lowest BCUT2D eigenvalue weighted by molar-refractivity contribution is -0.916. The molecule has 1 atom stereocenters. The fourth-order valence-electron chi connectivity index (χ4n) is 2.39. The van der Waals surface area contributed by atoms with Crippen LogP contribution < -0.4 is 4.74 Å². The zero-order valence-corrected chi connectivity index (χ0v) is 14.3. The number of quaternary nitrogens is 1. The summed E-state index contributed by atoms with van der Waals surface area (Å²) < 4.78 is 11.1. The highest BCUT2D eigenvalue weighted by Crippen LogP contribution is 2.22. The van der Waals surface area contributed by atoms with Crippen molar-refractivity contribution in [1.82, 2.24) is 0 Å². The monoisotopic (exact) mass is 310 g/mol. The highest BCUT2D eigenvalue weighted by Gasteiger charge is 2.29. The molecule has 1 unspecified atom stereocenters. The van der Waals surface area contributed by atoms with Crippen molar-refractivity contribution in [1.29, 1.82) is 0 Å². The molecule has 0 aliphatic carbocycles. The lowest BCUT2D eigenvalue weighted by atomic mass is 10.1. The Kier molecular flexibility index (Phi) is 6.38. The first kappa shape index (κ1) is 18.5. The molecular weight excluding hydrogens is 282 g/mol. The number of likely N-dealkylation sites (N-methyl/N-ethyl adjacent to an activating group) is 1. The predicted molar refractivity (Wildman–Crippen MR) is 85.5 cm³/mol. The van der Waals surface area contributed by atoms with Gasteiger partial charge >= 0.3 is 5.97 Å². The van der Waals surface area contributed by atoms with Gasteiger partial charge in [-0.1, -0.05) is 12.1 Å². The van der Waals surface area contributed by atoms with E-state index in [1.165, 1.54) is 0 Å². The Morgan fingerprint density at radius 2 is 1.91 bits per heavy atom. The molecule has 0 amide bonds. The van der Waals surface area contributed by atoms with Crippen LogP contribution in [0.5, 0.6) is 5.75 Å². The van der Waals surface area contributed by atoms with Crippen LogP contribution in [0, 0.1) is 0 Å². The SMILES string of the molecule is COc1ccccc1C[N+](C)(CCO)CC(=O)OC(C)(C)C. The average Bonchev–Trinajstić information content (AvgIpc) is 2.36. The topological polar surface area (TPSA) is 55.8 Å². The highest BCUT2D eigenvalue weighted by atomic mass is 16.6. The minimum Gasteiger partial charge on any atom is -0.496 e. The number of carbonyl (C=O) groups is 1. The van der Waals surface area contributed by atoms with Gasteiger partial charge in [0.2, 0.25) is 0 Å². The van der Waals surface area contributed by atoms with Crippen molar-refractivity contribution < 1.29 is 23.9 Å². The third kappa shape index (κ3) is 6.03. The van der Waals surface area contributed by atoms with E-state index < -0.39 is 5.60 Å². The highest BCUT2D eigenvalue weighted by molar-refractivity contribution is 5.71. The molecule has 1 rings (SSSR count). The molecule has 1 N–H and O–H groups in total. The Hall–Kier alpha value is -1.59. The van der Waals surface area contributed by atoms with Gasteiger partial charge in [0.1, 0.15) is 24.4 Å². The zero-order valence-electron chi connectivity index (χ0n) is 14.3. The molecule has 5 heteroatoms. The van der Waals surface area contributed by atoms with Crippen LogP contribution in [0.1, 0.15) is 26.3 Å². The summed E-state index contributed by atoms with van der Waals surface area (Å²) in [5.74, 6) is 0.521. The molecule has 0 fully saturated rings. The standard InChI is InChI=1S/C17H28NO4/c1-17(2,3)22-16(20)13-18(4,10-11-19)12-14-8-6-7-9-15(14)21-5/h6-9,19H,10-13H2,1-5H3/q+1. The summed E-state index contributed by atoms with van der Waals surface area (Å²) in [5.41, 5.74) is 0.496. The van der Waals surface area contributed by atoms with Gasteiger partial charge in [-0.2, -0.15) is 0 Å². The molecule has 0 heterocycles. The molecule has 0 aliphatic rings. The maximum absolute atomic E-state index is 12.1. The molecule has 0 aliphatic heterocycles. The number of rotatable bonds is 7. The van der Waals surface area contributed by atoms with Crippen LogP contribution in [0.15, 0.2) is 24.3 Å². The van der Waals surface area contributed by atoms with Gasteiger partial charge < -0.3 is 19.1 Å². The van der Waals surface area contributed by atoms with Crippen LogP contribution in [-0.2, 0) is 16.1 Å². The molecule has 0 saturated carbocycles. The number of methoxy groups -OCH3 is 1. The number of aliphatic hydroxyl groups excluding tert-OH is 1. The zero-order chi connectivity index (χ0) is 16.8. The van der Waals surface area contributed by atoms with Crippen LogP contribution >= 0.6 is 0 Å². The van der Waals surface area contributed by atoms with Crippen LogP contribution in [0.2, 0.25) is 0 Å². The van der Waals surface area contributed by atoms with Gasteiger partial charge in [-0.05, 0) is 32.9 Å². The summed E-state index contributed by atoms with van der Waals surface area (Å²) >= 11 is 0. The Morgan fingerprint density at radius 1 is 1.27 bits per heavy atom. The van der Waals surface area contributed by atoms with Gasteiger partial charge in [0, 0.05) is 5.56 Å². The number of para-hydroxylation sites is 1. The lowest BCUT2D eigenvalue weighted by Crippen LogP contribution is -2.50. The number of ether oxygens (including phenoxy) is 2. The average molecular weight is 310 g/mol. The summed E-state index contributed by atoms with van der Waals surface area (Å²) in [7, 11) is 3.57. The molecule has 5 nitrogen and oxygen atoms in total. The second-order valence-corrected chi connectivity index (χ2v) is 6.78. The maximum Gasteiger partial charge on any atom is 0.362 e. The van der Waals surface area contributed by atoms with Gasteiger partial charge in [0.05, 0.1) is 20.8 Å². The van der Waals surface area contributed by atoms with Crippen molar-refractivity contribution in [3.63, 3.8) is 0 Å². The van der Waals surface area contributed by atoms with Crippen LogP contribution in [0.3, 0.4) is 0 Å². The van der Waals surface area contributed by atoms with Gasteiger partial charge in [-0.25, -0.2) is 4.79 Å². The first-order valence-corrected chi connectivity index (χ1v) is 7.47. The third-order valence-electron chi connectivity index (χ3n) is 3.32. The first-order valence-electron chi connectivity index (χ1n) is 7.47. The number of aliphatic hydroxyl groups is 1. The molecule has 1 aromatic rings. The third-order valence-corrected chi connectivity index (χ3v) is 3.32. The largest absolute Gasteiger partial charge is 0.496 e. The number of benzene rings is 1. The van der Waals surface area contributed by atoms with Gasteiger partial charge in [0.15, 0.2) is 6.54 Å². The van der Waals surface area contributed by atoms with Gasteiger partial charge in [-0.3, -0.25) is 0 Å². The van der Waals surface area contributed by atoms with Crippen LogP contribution in [0.4, 0.5) is 0 Å². The summed E-state index contributed by atoms with van der Waals surface area (Å²) in [6.07, 6.45) is 0. The fraction of sp³-hybridized carbons (Fsp3) is 0.588. The molecule has 0 bridgehead atoms. The van der Waals surface area contributed by atoms with Gasteiger partial charge in [0.25, 0.3) is 0 Å². The fourth-order valence-corrected chi connectivity index (χ4v) is 2.39. The number of hydrogen-bond acceptors (Lipinski definition) is 4. The van der Waals surface area contributed by atoms with E-state index in [1.807, 2.05) is 52.1 Å². The van der Waals surface area contributed by atoms with Gasteiger partial charge in [-0.15, -0.1) is 0 Å². The van der Waals surface area contributed by atoms with E-state index in [9.17, 15) is 9.90 Å². The van der Waals surface area contributed by atoms with Crippen molar-refractivity contribution in [3.8, 4) is 5.75 Å². The normalized spacial score (nSPS) is 14.3. The van der Waals surface area contributed by atoms with Crippen LogP contribution in [0.25, 0.3) is 0 Å². The molecule has 0 aromatic heterocycles. The summed E-state index contributed by atoms with van der Waals surface area (Å²) in [4.78, 5) is 12.1. The van der Waals surface area contributed by atoms with E-state index >= 15 is 0 Å². The maximum atomic E-state index is 12.1. The molecule has 0 spiro atoms. The first-order chi connectivity index (χ1) is 10.2. The smallest absolute Gasteiger partial charge is 0.362 e. The molecular formula is C17H28NO4+. The predicted octanol–water partition coefficient (Wildman–Crippen LogP) is 1.98. The number of esters is 1. The number of carbonyl (C=O) groups excluding carboxylic acids is 1. The Balaban J connectivity index is 2.88. The van der Waals surface area contributed by atoms with E-state index in [2.05, 4.69) is 0 Å². The van der Waals surface area contributed by atoms with E-state index in [0.717, 1.165) is 11.3 Å². The summed E-state index contributed by atoms with van der Waals surface area (Å²) in [5, 5.41) is 9.35. The van der Waals surface area contributed by atoms with E-state index in [4.69, 9.17) is 9.47 Å². The molecule has 22 heavy (non-hydrogen) atoms. The van der Waals surface area contributed by atoms with Crippen molar-refractivity contribution in [2.45, 2.75) is 32.9 Å². The summed E-state index contributed by atoms with van der Waals surface area (Å²) in [6, 6.07) is 7.72. The quantitative estimate of drug-likeness (QED) is 0.618. The number of nitrogens with zero attached hydrogens (tertiary/aromatic N) is 1. The molecule has 1 aromatic carbocycles. The van der Waals surface area contributed by atoms with Crippen molar-refractivity contribution in [3.05, 3.63) is 29.8 Å². The second-order valence-electron chi connectivity index (χ2n) is 6.78.